The van der Waals surface area contributed by atoms with Crippen LogP contribution < -0.4 is 10.7 Å². The molecule has 0 radical (unpaired) electrons. The molecule has 0 aliphatic rings. The van der Waals surface area contributed by atoms with Crippen LogP contribution in [0.25, 0.3) is 21.1 Å². The van der Waals surface area contributed by atoms with Gasteiger partial charge in [0.2, 0.25) is 0 Å². The molecular weight excluding hydrogens is 358 g/mol. The van der Waals surface area contributed by atoms with Crippen molar-refractivity contribution >= 4 is 49.7 Å². The number of para-hydroxylation sites is 2. The van der Waals surface area contributed by atoms with Gasteiger partial charge in [-0.3, -0.25) is 4.79 Å². The maximum absolute atomic E-state index is 12.3. The number of carbonyl (C=O) groups is 1. The average molecular weight is 377 g/mol. The summed E-state index contributed by atoms with van der Waals surface area (Å²) in [5.41, 5.74) is 6.55. The van der Waals surface area contributed by atoms with Crippen molar-refractivity contribution in [2.75, 3.05) is 5.32 Å². The lowest BCUT2D eigenvalue weighted by Crippen LogP contribution is -2.34. The van der Waals surface area contributed by atoms with Crippen molar-refractivity contribution in [2.45, 2.75) is 19.9 Å². The zero-order chi connectivity index (χ0) is 18.8. The topological polar surface area (TPSA) is 82.2 Å². The van der Waals surface area contributed by atoms with Gasteiger partial charge >= 0.3 is 0 Å². The highest BCUT2D eigenvalue weighted by Gasteiger charge is 2.14. The number of amides is 1. The van der Waals surface area contributed by atoms with Crippen LogP contribution in [0.5, 0.6) is 0 Å². The SMILES string of the molecule is Cc1[nH]c2ccccc2c1/C=N/NC(=O)[C@H](C)Nc1nc2ccccc2s1. The number of hydrogen-bond donors (Lipinski definition) is 3. The van der Waals surface area contributed by atoms with Crippen molar-refractivity contribution in [2.24, 2.45) is 5.10 Å². The first-order valence-corrected chi connectivity index (χ1v) is 9.46. The highest BCUT2D eigenvalue weighted by atomic mass is 32.1. The van der Waals surface area contributed by atoms with Gasteiger partial charge in [-0.05, 0) is 32.0 Å². The monoisotopic (exact) mass is 377 g/mol. The third kappa shape index (κ3) is 3.54. The Morgan fingerprint density at radius 3 is 2.85 bits per heavy atom. The number of nitrogens with one attached hydrogen (secondary N) is 3. The fraction of sp³-hybridized carbons (Fsp3) is 0.150. The van der Waals surface area contributed by atoms with Crippen LogP contribution in [0.1, 0.15) is 18.2 Å². The van der Waals surface area contributed by atoms with Crippen molar-refractivity contribution in [1.29, 1.82) is 0 Å². The number of H-pyrrole nitrogens is 1. The lowest BCUT2D eigenvalue weighted by Gasteiger charge is -2.10. The fourth-order valence-electron chi connectivity index (χ4n) is 2.91. The van der Waals surface area contributed by atoms with Crippen LogP contribution in [-0.4, -0.2) is 28.1 Å². The molecule has 0 saturated carbocycles. The molecule has 2 heterocycles. The van der Waals surface area contributed by atoms with Crippen molar-refractivity contribution < 1.29 is 4.79 Å². The molecule has 7 heteroatoms. The lowest BCUT2D eigenvalue weighted by molar-refractivity contribution is -0.121. The second-order valence-electron chi connectivity index (χ2n) is 6.30. The lowest BCUT2D eigenvalue weighted by atomic mass is 10.1. The summed E-state index contributed by atoms with van der Waals surface area (Å²) in [6, 6.07) is 15.4. The molecule has 3 N–H and O–H groups in total. The summed E-state index contributed by atoms with van der Waals surface area (Å²) < 4.78 is 1.08. The third-order valence-corrected chi connectivity index (χ3v) is 5.31. The van der Waals surface area contributed by atoms with Gasteiger partial charge in [-0.25, -0.2) is 10.4 Å². The van der Waals surface area contributed by atoms with Gasteiger partial charge in [-0.2, -0.15) is 5.10 Å². The minimum Gasteiger partial charge on any atom is -0.358 e. The molecule has 2 aromatic carbocycles. The molecule has 1 atom stereocenters. The van der Waals surface area contributed by atoms with E-state index in [9.17, 15) is 4.79 Å². The van der Waals surface area contributed by atoms with E-state index in [1.807, 2.05) is 55.5 Å². The first-order valence-electron chi connectivity index (χ1n) is 8.64. The number of anilines is 1. The molecule has 27 heavy (non-hydrogen) atoms. The van der Waals surface area contributed by atoms with E-state index in [1.54, 1.807) is 13.1 Å². The first kappa shape index (κ1) is 17.2. The van der Waals surface area contributed by atoms with Crippen LogP contribution in [0.4, 0.5) is 5.13 Å². The molecule has 2 aromatic heterocycles. The van der Waals surface area contributed by atoms with E-state index < -0.39 is 6.04 Å². The Hall–Kier alpha value is -3.19. The average Bonchev–Trinajstić information content (AvgIpc) is 3.21. The second-order valence-corrected chi connectivity index (χ2v) is 7.33. The van der Waals surface area contributed by atoms with Crippen LogP contribution in [0, 0.1) is 6.92 Å². The first-order chi connectivity index (χ1) is 13.1. The van der Waals surface area contributed by atoms with E-state index in [4.69, 9.17) is 0 Å². The molecule has 0 bridgehead atoms. The van der Waals surface area contributed by atoms with Gasteiger partial charge in [0.25, 0.3) is 5.91 Å². The molecule has 0 aliphatic carbocycles. The molecular formula is C20H19N5OS. The zero-order valence-corrected chi connectivity index (χ0v) is 15.8. The second kappa shape index (κ2) is 7.20. The summed E-state index contributed by atoms with van der Waals surface area (Å²) in [5.74, 6) is -0.219. The summed E-state index contributed by atoms with van der Waals surface area (Å²) in [5, 5.41) is 9.06. The minimum atomic E-state index is -0.452. The van der Waals surface area contributed by atoms with E-state index in [-0.39, 0.29) is 5.91 Å². The van der Waals surface area contributed by atoms with Gasteiger partial charge in [0, 0.05) is 22.2 Å². The van der Waals surface area contributed by atoms with Crippen molar-refractivity contribution in [1.82, 2.24) is 15.4 Å². The summed E-state index contributed by atoms with van der Waals surface area (Å²) in [4.78, 5) is 20.1. The summed E-state index contributed by atoms with van der Waals surface area (Å²) in [6.45, 7) is 3.77. The molecule has 0 spiro atoms. The van der Waals surface area contributed by atoms with Crippen molar-refractivity contribution in [3.05, 3.63) is 59.8 Å². The Balaban J connectivity index is 1.42. The highest BCUT2D eigenvalue weighted by Crippen LogP contribution is 2.25. The van der Waals surface area contributed by atoms with E-state index >= 15 is 0 Å². The maximum Gasteiger partial charge on any atom is 0.262 e. The van der Waals surface area contributed by atoms with Crippen LogP contribution in [0.3, 0.4) is 0 Å². The molecule has 4 aromatic rings. The zero-order valence-electron chi connectivity index (χ0n) is 15.0. The number of rotatable bonds is 5. The Labute approximate surface area is 160 Å². The molecule has 0 aliphatic heterocycles. The summed E-state index contributed by atoms with van der Waals surface area (Å²) >= 11 is 1.52. The number of fused-ring (bicyclic) bond motifs is 2. The third-order valence-electron chi connectivity index (χ3n) is 4.34. The number of thiazole rings is 1. The summed E-state index contributed by atoms with van der Waals surface area (Å²) in [6.07, 6.45) is 1.68. The molecule has 0 unspecified atom stereocenters. The quantitative estimate of drug-likeness (QED) is 0.363. The standard InChI is InChI=1S/C20H19N5OS/c1-12-15(14-7-3-4-8-16(14)22-12)11-21-25-19(26)13(2)23-20-24-17-9-5-6-10-18(17)27-20/h3-11,13,22H,1-2H3,(H,23,24)(H,25,26)/b21-11+/t13-/m0/s1. The number of benzene rings is 2. The molecule has 4 rings (SSSR count). The largest absolute Gasteiger partial charge is 0.358 e. The van der Waals surface area contributed by atoms with Gasteiger partial charge in [-0.15, -0.1) is 0 Å². The van der Waals surface area contributed by atoms with Gasteiger partial charge in [0.05, 0.1) is 16.4 Å². The van der Waals surface area contributed by atoms with Crippen LogP contribution in [0.15, 0.2) is 53.6 Å². The highest BCUT2D eigenvalue weighted by molar-refractivity contribution is 7.22. The molecule has 0 fully saturated rings. The maximum atomic E-state index is 12.3. The smallest absolute Gasteiger partial charge is 0.262 e. The van der Waals surface area contributed by atoms with Crippen LogP contribution >= 0.6 is 11.3 Å². The van der Waals surface area contributed by atoms with Gasteiger partial charge in [0.1, 0.15) is 6.04 Å². The van der Waals surface area contributed by atoms with Crippen LogP contribution in [0.2, 0.25) is 0 Å². The number of hydrazone groups is 1. The predicted molar refractivity (Wildman–Crippen MR) is 111 cm³/mol. The van der Waals surface area contributed by atoms with E-state index in [2.05, 4.69) is 25.8 Å². The number of hydrogen-bond acceptors (Lipinski definition) is 5. The summed E-state index contributed by atoms with van der Waals surface area (Å²) in [7, 11) is 0. The minimum absolute atomic E-state index is 0.219. The molecule has 1 amide bonds. The molecule has 0 saturated heterocycles. The Kier molecular flexibility index (Phi) is 4.60. The van der Waals surface area contributed by atoms with Crippen molar-refractivity contribution in [3.63, 3.8) is 0 Å². The number of aromatic nitrogens is 2. The van der Waals surface area contributed by atoms with Gasteiger partial charge in [-0.1, -0.05) is 41.7 Å². The van der Waals surface area contributed by atoms with Gasteiger partial charge < -0.3 is 10.3 Å². The number of aromatic amines is 1. The van der Waals surface area contributed by atoms with Crippen LogP contribution in [-0.2, 0) is 4.79 Å². The van der Waals surface area contributed by atoms with E-state index in [1.165, 1.54) is 11.3 Å². The number of nitrogens with zero attached hydrogens (tertiary/aromatic N) is 2. The van der Waals surface area contributed by atoms with E-state index in [0.29, 0.717) is 0 Å². The predicted octanol–water partition coefficient (Wildman–Crippen LogP) is 4.04. The Morgan fingerprint density at radius 2 is 2.00 bits per heavy atom. The molecule has 136 valence electrons. The molecule has 6 nitrogen and oxygen atoms in total. The van der Waals surface area contributed by atoms with Crippen molar-refractivity contribution in [3.8, 4) is 0 Å². The normalized spacial score (nSPS) is 12.7. The number of carbonyl (C=O) groups excluding carboxylic acids is 1. The fourth-order valence-corrected chi connectivity index (χ4v) is 3.86. The van der Waals surface area contributed by atoms with Gasteiger partial charge in [0.15, 0.2) is 5.13 Å². The Bertz CT molecular complexity index is 1110. The number of aryl methyl sites for hydroxylation is 1. The van der Waals surface area contributed by atoms with E-state index in [0.717, 1.165) is 37.5 Å². The Morgan fingerprint density at radius 1 is 1.22 bits per heavy atom.